The highest BCUT2D eigenvalue weighted by atomic mass is 16.2. The maximum Gasteiger partial charge on any atom is 0.255 e. The Hall–Kier alpha value is -2.44. The van der Waals surface area contributed by atoms with Crippen molar-refractivity contribution in [2.45, 2.75) is 25.3 Å². The lowest BCUT2D eigenvalue weighted by molar-refractivity contribution is -0.131. The zero-order valence-electron chi connectivity index (χ0n) is 12.1. The van der Waals surface area contributed by atoms with Crippen molar-refractivity contribution in [3.63, 3.8) is 0 Å². The van der Waals surface area contributed by atoms with E-state index in [1.165, 1.54) is 6.33 Å². The molecule has 1 saturated carbocycles. The highest BCUT2D eigenvalue weighted by Crippen LogP contribution is 2.32. The summed E-state index contributed by atoms with van der Waals surface area (Å²) in [6.07, 6.45) is 7.56. The molecule has 0 aromatic carbocycles. The summed E-state index contributed by atoms with van der Waals surface area (Å²) in [5.41, 5.74) is 1.88. The molecule has 4 rings (SSSR count). The number of H-pyrrole nitrogens is 1. The normalized spacial score (nSPS) is 21.3. The van der Waals surface area contributed by atoms with Gasteiger partial charge in [-0.1, -0.05) is 0 Å². The van der Waals surface area contributed by atoms with Crippen LogP contribution < -0.4 is 5.32 Å². The second-order valence-electron chi connectivity index (χ2n) is 6.00. The third-order valence-corrected chi connectivity index (χ3v) is 4.35. The minimum Gasteiger partial charge on any atom is -0.358 e. The molecule has 0 radical (unpaired) electrons. The Bertz CT molecular complexity index is 736. The molecule has 7 heteroatoms. The number of aromatic amines is 1. The smallest absolute Gasteiger partial charge is 0.255 e. The van der Waals surface area contributed by atoms with E-state index in [0.717, 1.165) is 31.3 Å². The van der Waals surface area contributed by atoms with Gasteiger partial charge in [-0.25, -0.2) is 9.97 Å². The van der Waals surface area contributed by atoms with Crippen LogP contribution in [-0.4, -0.2) is 50.8 Å². The minimum atomic E-state index is -0.157. The minimum absolute atomic E-state index is 0.0157. The van der Waals surface area contributed by atoms with Gasteiger partial charge in [0.15, 0.2) is 0 Å². The van der Waals surface area contributed by atoms with Crippen LogP contribution in [0.25, 0.3) is 11.0 Å². The Kier molecular flexibility index (Phi) is 3.06. The van der Waals surface area contributed by atoms with E-state index >= 15 is 0 Å². The summed E-state index contributed by atoms with van der Waals surface area (Å²) >= 11 is 0. The summed E-state index contributed by atoms with van der Waals surface area (Å²) in [6.45, 7) is 1.34. The lowest BCUT2D eigenvalue weighted by atomic mass is 10.2. The van der Waals surface area contributed by atoms with Gasteiger partial charge in [0.1, 0.15) is 11.8 Å². The van der Waals surface area contributed by atoms with Gasteiger partial charge in [0.2, 0.25) is 5.91 Å². The monoisotopic (exact) mass is 299 g/mol. The highest BCUT2D eigenvalue weighted by molar-refractivity contribution is 6.05. The summed E-state index contributed by atoms with van der Waals surface area (Å²) in [6, 6.07) is 0.0157. The molecule has 0 spiro atoms. The number of carbonyl (C=O) groups is 2. The topological polar surface area (TPSA) is 91.0 Å². The number of nitrogens with one attached hydrogen (secondary N) is 2. The van der Waals surface area contributed by atoms with Crippen LogP contribution in [0.4, 0.5) is 0 Å². The molecule has 1 atom stereocenters. The molecule has 2 aromatic heterocycles. The van der Waals surface area contributed by atoms with Crippen molar-refractivity contribution in [1.82, 2.24) is 25.2 Å². The summed E-state index contributed by atoms with van der Waals surface area (Å²) in [5.74, 6) is 0.326. The number of amides is 2. The molecule has 22 heavy (non-hydrogen) atoms. The molecule has 7 nitrogen and oxygen atoms in total. The van der Waals surface area contributed by atoms with E-state index < -0.39 is 0 Å². The third-order valence-electron chi connectivity index (χ3n) is 4.35. The quantitative estimate of drug-likeness (QED) is 0.872. The molecule has 114 valence electrons. The number of likely N-dealkylation sites (tertiary alicyclic amines) is 1. The van der Waals surface area contributed by atoms with Gasteiger partial charge in [-0.15, -0.1) is 0 Å². The Morgan fingerprint density at radius 1 is 1.32 bits per heavy atom. The summed E-state index contributed by atoms with van der Waals surface area (Å²) in [7, 11) is 0. The molecule has 1 saturated heterocycles. The van der Waals surface area contributed by atoms with Gasteiger partial charge in [-0.3, -0.25) is 9.59 Å². The Balaban J connectivity index is 1.43. The predicted molar refractivity (Wildman–Crippen MR) is 79.1 cm³/mol. The average Bonchev–Trinajstić information content (AvgIpc) is 3.12. The molecule has 0 unspecified atom stereocenters. The van der Waals surface area contributed by atoms with Crippen LogP contribution in [0.3, 0.4) is 0 Å². The van der Waals surface area contributed by atoms with Gasteiger partial charge in [-0.05, 0) is 19.3 Å². The molecule has 1 aliphatic heterocycles. The number of nitrogens with zero attached hydrogens (tertiary/aromatic N) is 3. The van der Waals surface area contributed by atoms with Crippen LogP contribution in [0.15, 0.2) is 18.7 Å². The van der Waals surface area contributed by atoms with Crippen LogP contribution in [0.5, 0.6) is 0 Å². The first-order chi connectivity index (χ1) is 10.7. The molecule has 1 aliphatic carbocycles. The second kappa shape index (κ2) is 5.08. The fraction of sp³-hybridized carbons (Fsp3) is 0.467. The SMILES string of the molecule is O=C(N[C@@H]1CCN(C(=O)C2CC2)C1)c1c[nH]c2cncnc12. The number of fused-ring (bicyclic) bond motifs is 1. The van der Waals surface area contributed by atoms with Crippen LogP contribution in [0.1, 0.15) is 29.6 Å². The van der Waals surface area contributed by atoms with Gasteiger partial charge in [0.25, 0.3) is 5.91 Å². The Morgan fingerprint density at radius 2 is 2.18 bits per heavy atom. The van der Waals surface area contributed by atoms with Crippen molar-refractivity contribution >= 4 is 22.8 Å². The number of hydrogen-bond acceptors (Lipinski definition) is 4. The Labute approximate surface area is 127 Å². The number of carbonyl (C=O) groups excluding carboxylic acids is 2. The zero-order valence-corrected chi connectivity index (χ0v) is 12.1. The predicted octanol–water partition coefficient (Wildman–Crippen LogP) is 0.699. The van der Waals surface area contributed by atoms with E-state index in [0.29, 0.717) is 17.6 Å². The summed E-state index contributed by atoms with van der Waals surface area (Å²) in [5, 5.41) is 3.00. The van der Waals surface area contributed by atoms with Crippen molar-refractivity contribution in [2.75, 3.05) is 13.1 Å². The molecule has 2 N–H and O–H groups in total. The highest BCUT2D eigenvalue weighted by Gasteiger charge is 2.37. The maximum absolute atomic E-state index is 12.4. The van der Waals surface area contributed by atoms with Crippen molar-refractivity contribution in [2.24, 2.45) is 5.92 Å². The first kappa shape index (κ1) is 13.2. The van der Waals surface area contributed by atoms with Crippen LogP contribution in [0.2, 0.25) is 0 Å². The van der Waals surface area contributed by atoms with Gasteiger partial charge < -0.3 is 15.2 Å². The molecule has 0 bridgehead atoms. The molecule has 2 amide bonds. The Morgan fingerprint density at radius 3 is 3.00 bits per heavy atom. The van der Waals surface area contributed by atoms with Gasteiger partial charge in [0.05, 0.1) is 17.3 Å². The van der Waals surface area contributed by atoms with Gasteiger partial charge in [-0.2, -0.15) is 0 Å². The molecule has 2 aromatic rings. The maximum atomic E-state index is 12.4. The van der Waals surface area contributed by atoms with Crippen molar-refractivity contribution < 1.29 is 9.59 Å². The molecule has 2 fully saturated rings. The molecule has 3 heterocycles. The van der Waals surface area contributed by atoms with E-state index in [1.54, 1.807) is 12.4 Å². The second-order valence-corrected chi connectivity index (χ2v) is 6.00. The average molecular weight is 299 g/mol. The molecule has 2 aliphatic rings. The van der Waals surface area contributed by atoms with Crippen molar-refractivity contribution in [1.29, 1.82) is 0 Å². The largest absolute Gasteiger partial charge is 0.358 e. The summed E-state index contributed by atoms with van der Waals surface area (Å²) in [4.78, 5) is 37.4. The summed E-state index contributed by atoms with van der Waals surface area (Å²) < 4.78 is 0. The molecular formula is C15H17N5O2. The van der Waals surface area contributed by atoms with Crippen LogP contribution in [-0.2, 0) is 4.79 Å². The third kappa shape index (κ3) is 2.32. The zero-order chi connectivity index (χ0) is 15.1. The number of hydrogen-bond donors (Lipinski definition) is 2. The lowest BCUT2D eigenvalue weighted by Crippen LogP contribution is -2.38. The lowest BCUT2D eigenvalue weighted by Gasteiger charge is -2.16. The van der Waals surface area contributed by atoms with E-state index in [-0.39, 0.29) is 23.8 Å². The van der Waals surface area contributed by atoms with E-state index in [9.17, 15) is 9.59 Å². The first-order valence-corrected chi connectivity index (χ1v) is 7.59. The van der Waals surface area contributed by atoms with Gasteiger partial charge >= 0.3 is 0 Å². The van der Waals surface area contributed by atoms with Crippen molar-refractivity contribution in [3.8, 4) is 0 Å². The van der Waals surface area contributed by atoms with Crippen molar-refractivity contribution in [3.05, 3.63) is 24.3 Å². The first-order valence-electron chi connectivity index (χ1n) is 7.59. The van der Waals surface area contributed by atoms with Crippen LogP contribution >= 0.6 is 0 Å². The fourth-order valence-corrected chi connectivity index (χ4v) is 2.97. The number of aromatic nitrogens is 3. The van der Waals surface area contributed by atoms with E-state index in [1.807, 2.05) is 4.90 Å². The number of rotatable bonds is 3. The van der Waals surface area contributed by atoms with E-state index in [2.05, 4.69) is 20.3 Å². The molecular weight excluding hydrogens is 282 g/mol. The van der Waals surface area contributed by atoms with Crippen LogP contribution in [0, 0.1) is 5.92 Å². The van der Waals surface area contributed by atoms with E-state index in [4.69, 9.17) is 0 Å². The fourth-order valence-electron chi connectivity index (χ4n) is 2.97. The van der Waals surface area contributed by atoms with Gasteiger partial charge in [0, 0.05) is 31.2 Å². The standard InChI is InChI=1S/C15H17N5O2/c21-14(11-5-17-12-6-16-8-18-13(11)12)19-10-3-4-20(7-10)15(22)9-1-2-9/h5-6,8-10,17H,1-4,7H2,(H,19,21)/t10-/m1/s1.